The third-order valence-electron chi connectivity index (χ3n) is 10.8. The Morgan fingerprint density at radius 3 is 1.41 bits per heavy atom. The summed E-state index contributed by atoms with van der Waals surface area (Å²) in [5, 5.41) is 3.79. The number of hydrogen-bond acceptors (Lipinski definition) is 8. The van der Waals surface area contributed by atoms with Gasteiger partial charge in [0.15, 0.2) is 19.4 Å². The van der Waals surface area contributed by atoms with Gasteiger partial charge in [-0.3, -0.25) is 24.0 Å². The van der Waals surface area contributed by atoms with Crippen molar-refractivity contribution in [2.45, 2.75) is 75.2 Å². The molecule has 0 radical (unpaired) electrons. The minimum absolute atomic E-state index is 0.0542. The number of carbonyl (C=O) groups is 5. The summed E-state index contributed by atoms with van der Waals surface area (Å²) in [6, 6.07) is 23.9. The molecule has 0 aromatic heterocycles. The first-order valence-electron chi connectivity index (χ1n) is 19.4. The molecule has 0 saturated carbocycles. The normalized spacial score (nSPS) is 12.8. The van der Waals surface area contributed by atoms with E-state index in [-0.39, 0.29) is 53.9 Å². The Kier molecular flexibility index (Phi) is 13.8. The lowest BCUT2D eigenvalue weighted by molar-refractivity contribution is 0.0978. The maximum Gasteiger partial charge on any atom is 0.248 e. The molecule has 2 atom stereocenters. The third kappa shape index (κ3) is 8.66. The van der Waals surface area contributed by atoms with Gasteiger partial charge < -0.3 is 14.4 Å². The predicted octanol–water partition coefficient (Wildman–Crippen LogP) is 9.59. The molecule has 10 heteroatoms. The van der Waals surface area contributed by atoms with E-state index in [1.54, 1.807) is 121 Å². The molecular weight excluding hydrogens is 764 g/mol. The highest BCUT2D eigenvalue weighted by atomic mass is 31.2. The van der Waals surface area contributed by atoms with Crippen LogP contribution in [0.3, 0.4) is 0 Å². The number of rotatable bonds is 16. The minimum atomic E-state index is -4.46. The van der Waals surface area contributed by atoms with Crippen LogP contribution in [0.15, 0.2) is 84.9 Å². The molecule has 0 aliphatic carbocycles. The first-order valence-corrected chi connectivity index (χ1v) is 22.5. The highest BCUT2D eigenvalue weighted by Crippen LogP contribution is 2.53. The average molecular weight is 816 g/mol. The molecule has 5 aromatic rings. The number of nitrogens with one attached hydrogen (secondary N) is 1. The van der Waals surface area contributed by atoms with Crippen LogP contribution in [0.4, 0.5) is 0 Å². The van der Waals surface area contributed by atoms with Gasteiger partial charge in [0.05, 0.1) is 0 Å². The van der Waals surface area contributed by atoms with Crippen LogP contribution in [0.1, 0.15) is 115 Å². The molecule has 0 amide bonds. The van der Waals surface area contributed by atoms with Crippen molar-refractivity contribution in [3.05, 3.63) is 163 Å². The molecular formula is C48H51NO7P2. The van der Waals surface area contributed by atoms with E-state index < -0.39 is 31.5 Å². The highest BCUT2D eigenvalue weighted by molar-refractivity contribution is 8.01. The van der Waals surface area contributed by atoms with Gasteiger partial charge in [0.25, 0.3) is 0 Å². The quantitative estimate of drug-likeness (QED) is 0.0592. The summed E-state index contributed by atoms with van der Waals surface area (Å²) in [6.07, 6.45) is 0.156. The summed E-state index contributed by atoms with van der Waals surface area (Å²) >= 11 is 0. The first-order chi connectivity index (χ1) is 27.4. The van der Waals surface area contributed by atoms with Crippen molar-refractivity contribution < 1.29 is 33.1 Å². The minimum Gasteiger partial charge on any atom is -0.316 e. The summed E-state index contributed by atoms with van der Waals surface area (Å²) in [5.41, 5.74) is 5.09. The van der Waals surface area contributed by atoms with Crippen molar-refractivity contribution >= 4 is 53.7 Å². The molecule has 0 heterocycles. The SMILES string of the molecule is Cc1cc(C)c(C(=O)P(=O)(C(=O)c2c(C)cc(C)c(C(=O)CCNCCC(=O)c3c(C)cc(C)c(C(=O)[PH](=O)c4ccccc4)c3C)c2C)c2ccccc2)c(C)c1. The van der Waals surface area contributed by atoms with Crippen LogP contribution in [0.5, 0.6) is 0 Å². The molecule has 1 N–H and O–H groups in total. The lowest BCUT2D eigenvalue weighted by atomic mass is 9.90. The fourth-order valence-corrected chi connectivity index (χ4v) is 12.3. The van der Waals surface area contributed by atoms with E-state index in [9.17, 15) is 28.5 Å². The fraction of sp³-hybridized carbons (Fsp3) is 0.271. The van der Waals surface area contributed by atoms with Gasteiger partial charge in [0.2, 0.25) is 23.7 Å². The van der Waals surface area contributed by atoms with Gasteiger partial charge in [-0.05, 0) is 107 Å². The van der Waals surface area contributed by atoms with Crippen LogP contribution in [0.2, 0.25) is 0 Å². The smallest absolute Gasteiger partial charge is 0.248 e. The van der Waals surface area contributed by atoms with E-state index in [0.29, 0.717) is 60.9 Å². The number of Topliss-reactive ketones (excluding diaryl/α,β-unsaturated/α-hetero) is 2. The van der Waals surface area contributed by atoms with E-state index >= 15 is 4.57 Å². The van der Waals surface area contributed by atoms with Crippen molar-refractivity contribution in [1.82, 2.24) is 5.32 Å². The van der Waals surface area contributed by atoms with Crippen LogP contribution in [0.25, 0.3) is 0 Å². The Balaban J connectivity index is 1.34. The van der Waals surface area contributed by atoms with Crippen LogP contribution >= 0.6 is 14.9 Å². The fourth-order valence-electron chi connectivity index (χ4n) is 8.32. The monoisotopic (exact) mass is 815 g/mol. The standard InChI is InChI=1S/C48H51NO7P2/c1-28-24-29(2)41(30(3)25-28)47(53)58(56,38-18-14-11-15-19-38)48(54)45-34(7)27-32(5)43(36(45)9)40(51)21-23-49-22-20-39(50)42-31(4)26-33(6)44(35(42)8)46(52)57(55)37-16-12-10-13-17-37/h10-19,24-27,49,57H,20-23H2,1-9H3. The van der Waals surface area contributed by atoms with E-state index in [4.69, 9.17) is 0 Å². The van der Waals surface area contributed by atoms with Crippen molar-refractivity contribution in [3.63, 3.8) is 0 Å². The van der Waals surface area contributed by atoms with Crippen LogP contribution in [-0.2, 0) is 9.13 Å². The molecule has 0 fully saturated rings. The lowest BCUT2D eigenvalue weighted by Gasteiger charge is -2.22. The maximum absolute atomic E-state index is 15.2. The van der Waals surface area contributed by atoms with Gasteiger partial charge in [0, 0.05) is 64.4 Å². The molecule has 300 valence electrons. The molecule has 5 rings (SSSR count). The zero-order chi connectivity index (χ0) is 42.6. The average Bonchev–Trinajstić information content (AvgIpc) is 3.16. The first kappa shape index (κ1) is 44.0. The van der Waals surface area contributed by atoms with Crippen LogP contribution < -0.4 is 15.9 Å². The topological polar surface area (TPSA) is 132 Å². The molecule has 8 nitrogen and oxygen atoms in total. The zero-order valence-electron chi connectivity index (χ0n) is 34.7. The Morgan fingerprint density at radius 2 is 0.914 bits per heavy atom. The summed E-state index contributed by atoms with van der Waals surface area (Å²) in [6.45, 7) is 16.5. The van der Waals surface area contributed by atoms with Gasteiger partial charge in [-0.15, -0.1) is 0 Å². The molecule has 0 bridgehead atoms. The predicted molar refractivity (Wildman–Crippen MR) is 234 cm³/mol. The summed E-state index contributed by atoms with van der Waals surface area (Å²) in [4.78, 5) is 70.0. The van der Waals surface area contributed by atoms with E-state index in [0.717, 1.165) is 11.1 Å². The van der Waals surface area contributed by atoms with Gasteiger partial charge in [-0.1, -0.05) is 90.5 Å². The number of benzene rings is 5. The highest BCUT2D eigenvalue weighted by Gasteiger charge is 2.45. The van der Waals surface area contributed by atoms with Crippen LogP contribution in [-0.4, -0.2) is 41.2 Å². The number of ketones is 2. The molecule has 0 saturated heterocycles. The number of aryl methyl sites for hydroxylation is 7. The molecule has 0 aliphatic heterocycles. The summed E-state index contributed by atoms with van der Waals surface area (Å²) < 4.78 is 28.4. The van der Waals surface area contributed by atoms with E-state index in [1.165, 1.54) is 0 Å². The summed E-state index contributed by atoms with van der Waals surface area (Å²) in [5.74, 6) is -0.417. The van der Waals surface area contributed by atoms with Crippen molar-refractivity contribution in [3.8, 4) is 0 Å². The van der Waals surface area contributed by atoms with Crippen LogP contribution in [0, 0.1) is 62.3 Å². The third-order valence-corrected chi connectivity index (χ3v) is 15.0. The second-order valence-electron chi connectivity index (χ2n) is 15.2. The van der Waals surface area contributed by atoms with Gasteiger partial charge in [-0.2, -0.15) is 0 Å². The van der Waals surface area contributed by atoms with E-state index in [2.05, 4.69) is 5.32 Å². The number of carbonyl (C=O) groups excluding carboxylic acids is 5. The molecule has 5 aromatic carbocycles. The number of hydrogen-bond donors (Lipinski definition) is 1. The largest absolute Gasteiger partial charge is 0.316 e. The maximum atomic E-state index is 15.2. The van der Waals surface area contributed by atoms with Gasteiger partial charge in [-0.25, -0.2) is 0 Å². The Labute approximate surface area is 342 Å². The lowest BCUT2D eigenvalue weighted by Crippen LogP contribution is -2.25. The van der Waals surface area contributed by atoms with Gasteiger partial charge >= 0.3 is 0 Å². The van der Waals surface area contributed by atoms with Crippen molar-refractivity contribution in [2.24, 2.45) is 0 Å². The van der Waals surface area contributed by atoms with Crippen molar-refractivity contribution in [1.29, 1.82) is 0 Å². The molecule has 2 unspecified atom stereocenters. The Morgan fingerprint density at radius 1 is 0.517 bits per heavy atom. The molecule has 58 heavy (non-hydrogen) atoms. The Bertz CT molecular complexity index is 2530. The molecule has 0 spiro atoms. The zero-order valence-corrected chi connectivity index (χ0v) is 36.6. The second kappa shape index (κ2) is 18.2. The van der Waals surface area contributed by atoms with E-state index in [1.807, 2.05) is 26.0 Å². The second-order valence-corrected chi connectivity index (χ2v) is 19.5. The summed E-state index contributed by atoms with van der Waals surface area (Å²) in [7, 11) is -7.25. The Hall–Kier alpha value is -5.13. The molecule has 0 aliphatic rings. The van der Waals surface area contributed by atoms with Gasteiger partial charge in [0.1, 0.15) is 0 Å². The van der Waals surface area contributed by atoms with Crippen molar-refractivity contribution in [2.75, 3.05) is 13.1 Å².